The first-order chi connectivity index (χ1) is 9.71. The Labute approximate surface area is 119 Å². The van der Waals surface area contributed by atoms with Crippen LogP contribution in [-0.4, -0.2) is 16.7 Å². The van der Waals surface area contributed by atoms with E-state index in [-0.39, 0.29) is 5.41 Å². The Bertz CT molecular complexity index is 581. The van der Waals surface area contributed by atoms with E-state index >= 15 is 0 Å². The van der Waals surface area contributed by atoms with Gasteiger partial charge < -0.3 is 10.3 Å². The summed E-state index contributed by atoms with van der Waals surface area (Å²) in [6, 6.07) is 8.30. The average Bonchev–Trinajstić information content (AvgIpc) is 2.84. The van der Waals surface area contributed by atoms with Crippen molar-refractivity contribution in [2.75, 3.05) is 6.54 Å². The van der Waals surface area contributed by atoms with Crippen LogP contribution in [0.25, 0.3) is 0 Å². The van der Waals surface area contributed by atoms with Crippen LogP contribution in [0.2, 0.25) is 0 Å². The van der Waals surface area contributed by atoms with Crippen LogP contribution in [0, 0.1) is 12.3 Å². The highest BCUT2D eigenvalue weighted by Crippen LogP contribution is 2.42. The van der Waals surface area contributed by atoms with Crippen LogP contribution in [0.3, 0.4) is 0 Å². The van der Waals surface area contributed by atoms with Crippen LogP contribution < -0.4 is 5.73 Å². The molecule has 2 aromatic rings. The van der Waals surface area contributed by atoms with Gasteiger partial charge in [-0.05, 0) is 42.9 Å². The van der Waals surface area contributed by atoms with Gasteiger partial charge in [0, 0.05) is 12.8 Å². The highest BCUT2D eigenvalue weighted by Gasteiger charge is 2.37. The molecule has 3 rings (SSSR count). The van der Waals surface area contributed by atoms with Gasteiger partial charge in [0.15, 0.2) is 5.82 Å². The Hall–Kier alpha value is -1.68. The number of rotatable bonds is 5. The van der Waals surface area contributed by atoms with E-state index in [1.54, 1.807) is 0 Å². The van der Waals surface area contributed by atoms with Crippen molar-refractivity contribution >= 4 is 0 Å². The Morgan fingerprint density at radius 2 is 2.10 bits per heavy atom. The fourth-order valence-corrected chi connectivity index (χ4v) is 2.86. The Morgan fingerprint density at radius 3 is 2.75 bits per heavy atom. The summed E-state index contributed by atoms with van der Waals surface area (Å²) in [7, 11) is 0. The van der Waals surface area contributed by atoms with Crippen molar-refractivity contribution in [3.8, 4) is 0 Å². The maximum Gasteiger partial charge on any atom is 0.227 e. The molecule has 1 saturated carbocycles. The molecule has 1 aromatic heterocycles. The molecule has 0 spiro atoms. The van der Waals surface area contributed by atoms with Gasteiger partial charge >= 0.3 is 0 Å². The van der Waals surface area contributed by atoms with Crippen molar-refractivity contribution in [2.45, 2.75) is 39.0 Å². The lowest BCUT2D eigenvalue weighted by atomic mass is 9.67. The summed E-state index contributed by atoms with van der Waals surface area (Å²) in [6.45, 7) is 2.82. The van der Waals surface area contributed by atoms with E-state index in [9.17, 15) is 0 Å². The summed E-state index contributed by atoms with van der Waals surface area (Å²) in [6.07, 6.45) is 5.18. The van der Waals surface area contributed by atoms with E-state index in [4.69, 9.17) is 10.3 Å². The molecule has 4 heteroatoms. The number of benzene rings is 1. The van der Waals surface area contributed by atoms with Crippen LogP contribution in [0.15, 0.2) is 28.8 Å². The lowest BCUT2D eigenvalue weighted by Gasteiger charge is -2.39. The second-order valence-corrected chi connectivity index (χ2v) is 5.94. The third-order valence-corrected chi connectivity index (χ3v) is 4.49. The molecule has 2 N–H and O–H groups in total. The molecule has 106 valence electrons. The number of hydrogen-bond donors (Lipinski definition) is 1. The Kier molecular flexibility index (Phi) is 3.57. The van der Waals surface area contributed by atoms with Crippen molar-refractivity contribution < 1.29 is 4.52 Å². The molecule has 1 fully saturated rings. The van der Waals surface area contributed by atoms with E-state index in [1.807, 2.05) is 12.1 Å². The Morgan fingerprint density at radius 1 is 1.30 bits per heavy atom. The molecule has 0 saturated heterocycles. The average molecular weight is 271 g/mol. The van der Waals surface area contributed by atoms with Gasteiger partial charge in [-0.3, -0.25) is 0 Å². The minimum Gasteiger partial charge on any atom is -0.339 e. The monoisotopic (exact) mass is 271 g/mol. The van der Waals surface area contributed by atoms with E-state index in [0.29, 0.717) is 6.54 Å². The van der Waals surface area contributed by atoms with Crippen LogP contribution in [0.1, 0.15) is 42.1 Å². The predicted octanol–water partition coefficient (Wildman–Crippen LogP) is 2.64. The van der Waals surface area contributed by atoms with Gasteiger partial charge in [0.25, 0.3) is 0 Å². The molecular weight excluding hydrogens is 250 g/mol. The zero-order valence-electron chi connectivity index (χ0n) is 11.9. The number of nitrogens with zero attached hydrogens (tertiary/aromatic N) is 2. The fraction of sp³-hybridized carbons (Fsp3) is 0.500. The molecule has 0 amide bonds. The second kappa shape index (κ2) is 5.37. The number of aryl methyl sites for hydroxylation is 1. The molecular formula is C16H21N3O. The molecule has 1 aromatic carbocycles. The van der Waals surface area contributed by atoms with E-state index in [2.05, 4.69) is 29.2 Å². The van der Waals surface area contributed by atoms with Gasteiger partial charge in [-0.1, -0.05) is 35.8 Å². The third-order valence-electron chi connectivity index (χ3n) is 4.49. The molecule has 0 aliphatic heterocycles. The maximum absolute atomic E-state index is 5.88. The minimum absolute atomic E-state index is 0.215. The van der Waals surface area contributed by atoms with Crippen LogP contribution in [0.5, 0.6) is 0 Å². The molecule has 1 aliphatic rings. The summed E-state index contributed by atoms with van der Waals surface area (Å²) in [4.78, 5) is 4.53. The highest BCUT2D eigenvalue weighted by atomic mass is 16.5. The van der Waals surface area contributed by atoms with Crippen molar-refractivity contribution in [1.82, 2.24) is 10.1 Å². The zero-order chi connectivity index (χ0) is 14.0. The molecule has 20 heavy (non-hydrogen) atoms. The van der Waals surface area contributed by atoms with Crippen LogP contribution in [-0.2, 0) is 12.8 Å². The van der Waals surface area contributed by atoms with Crippen molar-refractivity contribution in [1.29, 1.82) is 0 Å². The number of aromatic nitrogens is 2. The standard InChI is InChI=1S/C16H21N3O/c1-12-5-2-3-6-13(12)9-14-18-15(20-19-14)10-16(11-17)7-4-8-16/h2-3,5-6H,4,7-11,17H2,1H3. The third kappa shape index (κ3) is 2.61. The largest absolute Gasteiger partial charge is 0.339 e. The van der Waals surface area contributed by atoms with Gasteiger partial charge in [0.2, 0.25) is 5.89 Å². The molecule has 4 nitrogen and oxygen atoms in total. The summed E-state index contributed by atoms with van der Waals surface area (Å²) >= 11 is 0. The lowest BCUT2D eigenvalue weighted by molar-refractivity contribution is 0.129. The van der Waals surface area contributed by atoms with E-state index in [1.165, 1.54) is 30.4 Å². The quantitative estimate of drug-likeness (QED) is 0.908. The van der Waals surface area contributed by atoms with Crippen molar-refractivity contribution in [2.24, 2.45) is 11.1 Å². The predicted molar refractivity (Wildman–Crippen MR) is 77.3 cm³/mol. The normalized spacial score (nSPS) is 16.9. The SMILES string of the molecule is Cc1ccccc1Cc1noc(CC2(CN)CCC2)n1. The number of hydrogen-bond acceptors (Lipinski definition) is 4. The van der Waals surface area contributed by atoms with Crippen LogP contribution >= 0.6 is 0 Å². The molecule has 0 atom stereocenters. The smallest absolute Gasteiger partial charge is 0.227 e. The first-order valence-electron chi connectivity index (χ1n) is 7.27. The van der Waals surface area contributed by atoms with Crippen molar-refractivity contribution in [3.63, 3.8) is 0 Å². The summed E-state index contributed by atoms with van der Waals surface area (Å²) in [5, 5.41) is 4.10. The minimum atomic E-state index is 0.215. The number of nitrogens with two attached hydrogens (primary N) is 1. The maximum atomic E-state index is 5.88. The van der Waals surface area contributed by atoms with Gasteiger partial charge in [0.1, 0.15) is 0 Å². The van der Waals surface area contributed by atoms with Gasteiger partial charge in [0.05, 0.1) is 0 Å². The summed E-state index contributed by atoms with van der Waals surface area (Å²) in [5.74, 6) is 1.50. The van der Waals surface area contributed by atoms with Gasteiger partial charge in [-0.15, -0.1) is 0 Å². The molecule has 0 unspecified atom stereocenters. The molecule has 1 heterocycles. The summed E-state index contributed by atoms with van der Waals surface area (Å²) < 4.78 is 5.39. The molecule has 1 aliphatic carbocycles. The van der Waals surface area contributed by atoms with E-state index in [0.717, 1.165) is 24.6 Å². The first kappa shape index (κ1) is 13.3. The fourth-order valence-electron chi connectivity index (χ4n) is 2.86. The molecule has 0 radical (unpaired) electrons. The first-order valence-corrected chi connectivity index (χ1v) is 7.27. The molecule has 0 bridgehead atoms. The van der Waals surface area contributed by atoms with Gasteiger partial charge in [-0.2, -0.15) is 4.98 Å². The highest BCUT2D eigenvalue weighted by molar-refractivity contribution is 5.28. The zero-order valence-corrected chi connectivity index (χ0v) is 11.9. The van der Waals surface area contributed by atoms with Crippen LogP contribution in [0.4, 0.5) is 0 Å². The Balaban J connectivity index is 1.69. The van der Waals surface area contributed by atoms with E-state index < -0.39 is 0 Å². The topological polar surface area (TPSA) is 64.9 Å². The van der Waals surface area contributed by atoms with Crippen molar-refractivity contribution in [3.05, 3.63) is 47.1 Å². The summed E-state index contributed by atoms with van der Waals surface area (Å²) in [5.41, 5.74) is 8.60. The second-order valence-electron chi connectivity index (χ2n) is 5.94. The lowest BCUT2D eigenvalue weighted by Crippen LogP contribution is -2.39. The van der Waals surface area contributed by atoms with Gasteiger partial charge in [-0.25, -0.2) is 0 Å².